The van der Waals surface area contributed by atoms with Gasteiger partial charge in [-0.25, -0.2) is 9.59 Å². The van der Waals surface area contributed by atoms with Gasteiger partial charge in [-0.05, 0) is 36.8 Å². The Morgan fingerprint density at radius 3 is 2.48 bits per heavy atom. The molecular formula is C35H36N2O9. The molecule has 11 nitrogen and oxygen atoms in total. The van der Waals surface area contributed by atoms with Crippen LogP contribution in [0.3, 0.4) is 0 Å². The number of esters is 1. The van der Waals surface area contributed by atoms with Crippen LogP contribution in [0.5, 0.6) is 28.7 Å². The third kappa shape index (κ3) is 6.93. The maximum Gasteiger partial charge on any atom is 0.338 e. The Balaban J connectivity index is 1.57. The SMILES string of the molecule is CCCCn1ncc(/C=C(/Cc2cc3c(cc2OC)OCO3)C(=O)O)c1-c1ccc(OC)cc1OCc1ccccc1C(=O)OC. The Hall–Kier alpha value is -5.45. The fourth-order valence-electron chi connectivity index (χ4n) is 5.21. The highest BCUT2D eigenvalue weighted by atomic mass is 16.7. The van der Waals surface area contributed by atoms with Gasteiger partial charge in [-0.1, -0.05) is 31.5 Å². The molecule has 0 saturated carbocycles. The van der Waals surface area contributed by atoms with Crippen molar-refractivity contribution < 1.29 is 43.1 Å². The van der Waals surface area contributed by atoms with Crippen LogP contribution in [-0.4, -0.2) is 54.9 Å². The Morgan fingerprint density at radius 2 is 1.76 bits per heavy atom. The molecule has 0 radical (unpaired) electrons. The Morgan fingerprint density at radius 1 is 0.978 bits per heavy atom. The van der Waals surface area contributed by atoms with E-state index in [0.717, 1.165) is 12.8 Å². The molecule has 0 spiro atoms. The predicted octanol–water partition coefficient (Wildman–Crippen LogP) is 6.17. The predicted molar refractivity (Wildman–Crippen MR) is 170 cm³/mol. The lowest BCUT2D eigenvalue weighted by Gasteiger charge is -2.17. The van der Waals surface area contributed by atoms with Crippen LogP contribution in [0, 0.1) is 0 Å². The number of nitrogens with zero attached hydrogens (tertiary/aromatic N) is 2. The standard InChI is InChI=1S/C35H36N2O9/c1-5-6-13-37-33(28-12-11-26(41-2)17-30(28)44-20-22-9-7-8-10-27(22)35(40)43-4)25(19-36-37)15-24(34(38)39)14-23-16-31-32(46-21-45-31)18-29(23)42-3/h7-12,15-19H,5-6,13-14,20-21H2,1-4H3,(H,38,39)/b24-15-. The van der Waals surface area contributed by atoms with Crippen molar-refractivity contribution in [3.05, 3.63) is 88.6 Å². The van der Waals surface area contributed by atoms with Crippen molar-refractivity contribution in [3.63, 3.8) is 0 Å². The number of aryl methyl sites for hydroxylation is 1. The zero-order chi connectivity index (χ0) is 32.6. The van der Waals surface area contributed by atoms with E-state index in [2.05, 4.69) is 12.0 Å². The number of methoxy groups -OCH3 is 3. The van der Waals surface area contributed by atoms with Crippen molar-refractivity contribution in [1.29, 1.82) is 0 Å². The number of hydrogen-bond donors (Lipinski definition) is 1. The molecule has 1 N–H and O–H groups in total. The zero-order valence-corrected chi connectivity index (χ0v) is 26.2. The quantitative estimate of drug-likeness (QED) is 0.128. The van der Waals surface area contributed by atoms with Crippen LogP contribution in [0.1, 0.15) is 46.8 Å². The van der Waals surface area contributed by atoms with Gasteiger partial charge in [0.25, 0.3) is 0 Å². The first kappa shape index (κ1) is 32.0. The van der Waals surface area contributed by atoms with Crippen LogP contribution in [0.2, 0.25) is 0 Å². The van der Waals surface area contributed by atoms with Crippen molar-refractivity contribution >= 4 is 18.0 Å². The molecule has 46 heavy (non-hydrogen) atoms. The lowest BCUT2D eigenvalue weighted by atomic mass is 9.99. The topological polar surface area (TPSA) is 128 Å². The van der Waals surface area contributed by atoms with Gasteiger partial charge in [0.2, 0.25) is 6.79 Å². The number of carboxylic acids is 1. The highest BCUT2D eigenvalue weighted by Gasteiger charge is 2.23. The first-order valence-corrected chi connectivity index (χ1v) is 14.8. The van der Waals surface area contributed by atoms with Gasteiger partial charge >= 0.3 is 11.9 Å². The van der Waals surface area contributed by atoms with Gasteiger partial charge in [0.1, 0.15) is 23.9 Å². The monoisotopic (exact) mass is 628 g/mol. The second kappa shape index (κ2) is 14.6. The van der Waals surface area contributed by atoms with E-state index < -0.39 is 11.9 Å². The lowest BCUT2D eigenvalue weighted by molar-refractivity contribution is -0.132. The number of benzene rings is 3. The minimum atomic E-state index is -1.09. The summed E-state index contributed by atoms with van der Waals surface area (Å²) in [5.74, 6) is 1.06. The second-order valence-corrected chi connectivity index (χ2v) is 10.5. The van der Waals surface area contributed by atoms with Crippen LogP contribution in [0.25, 0.3) is 17.3 Å². The molecule has 0 atom stereocenters. The van der Waals surface area contributed by atoms with Crippen molar-refractivity contribution in [2.24, 2.45) is 0 Å². The van der Waals surface area contributed by atoms with E-state index in [-0.39, 0.29) is 25.4 Å². The molecule has 1 aliphatic rings. The van der Waals surface area contributed by atoms with Crippen LogP contribution in [0.15, 0.2) is 66.4 Å². The molecule has 1 aliphatic heterocycles. The average Bonchev–Trinajstić information content (AvgIpc) is 3.71. The minimum Gasteiger partial charge on any atom is -0.497 e. The van der Waals surface area contributed by atoms with Crippen LogP contribution >= 0.6 is 0 Å². The number of rotatable bonds is 14. The Bertz CT molecular complexity index is 1760. The molecule has 5 rings (SSSR count). The summed E-state index contributed by atoms with van der Waals surface area (Å²) < 4.78 is 35.2. The number of aliphatic carboxylic acids is 1. The highest BCUT2D eigenvalue weighted by Crippen LogP contribution is 2.40. The number of aromatic nitrogens is 2. The van der Waals surface area contributed by atoms with Crippen molar-refractivity contribution in [3.8, 4) is 40.0 Å². The summed E-state index contributed by atoms with van der Waals surface area (Å²) in [6.07, 6.45) is 5.13. The summed E-state index contributed by atoms with van der Waals surface area (Å²) in [5.41, 5.74) is 3.77. The van der Waals surface area contributed by atoms with Gasteiger partial charge < -0.3 is 33.5 Å². The molecule has 3 aromatic carbocycles. The zero-order valence-electron chi connectivity index (χ0n) is 26.2. The maximum atomic E-state index is 12.6. The van der Waals surface area contributed by atoms with E-state index in [1.54, 1.807) is 55.8 Å². The lowest BCUT2D eigenvalue weighted by Crippen LogP contribution is -2.09. The number of unbranched alkanes of at least 4 members (excludes halogenated alkanes) is 1. The first-order chi connectivity index (χ1) is 22.4. The van der Waals surface area contributed by atoms with Gasteiger partial charge in [-0.2, -0.15) is 5.10 Å². The summed E-state index contributed by atoms with van der Waals surface area (Å²) in [7, 11) is 4.42. The molecule has 0 bridgehead atoms. The maximum absolute atomic E-state index is 12.6. The van der Waals surface area contributed by atoms with Gasteiger partial charge in [0.05, 0.1) is 38.8 Å². The van der Waals surface area contributed by atoms with Crippen LogP contribution in [0.4, 0.5) is 0 Å². The molecule has 240 valence electrons. The fourth-order valence-corrected chi connectivity index (χ4v) is 5.21. The van der Waals surface area contributed by atoms with Gasteiger partial charge in [-0.3, -0.25) is 4.68 Å². The second-order valence-electron chi connectivity index (χ2n) is 10.5. The van der Waals surface area contributed by atoms with Crippen LogP contribution < -0.4 is 23.7 Å². The van der Waals surface area contributed by atoms with Crippen molar-refractivity contribution in [1.82, 2.24) is 9.78 Å². The number of fused-ring (bicyclic) bond motifs is 1. The molecule has 1 aromatic heterocycles. The summed E-state index contributed by atoms with van der Waals surface area (Å²) in [6.45, 7) is 2.86. The third-order valence-electron chi connectivity index (χ3n) is 7.60. The van der Waals surface area contributed by atoms with Crippen molar-refractivity contribution in [2.75, 3.05) is 28.1 Å². The Kier molecular flexibility index (Phi) is 10.1. The molecule has 0 unspecified atom stereocenters. The average molecular weight is 629 g/mol. The van der Waals surface area contributed by atoms with Gasteiger partial charge in [0.15, 0.2) is 11.5 Å². The Labute approximate surface area is 266 Å². The summed E-state index contributed by atoms with van der Waals surface area (Å²) in [5, 5.41) is 15.0. The largest absolute Gasteiger partial charge is 0.497 e. The van der Waals surface area contributed by atoms with E-state index in [1.165, 1.54) is 14.2 Å². The summed E-state index contributed by atoms with van der Waals surface area (Å²) in [6, 6.07) is 15.9. The third-order valence-corrected chi connectivity index (χ3v) is 7.60. The first-order valence-electron chi connectivity index (χ1n) is 14.8. The highest BCUT2D eigenvalue weighted by molar-refractivity contribution is 5.94. The van der Waals surface area contributed by atoms with E-state index in [4.69, 9.17) is 28.4 Å². The van der Waals surface area contributed by atoms with E-state index in [9.17, 15) is 14.7 Å². The minimum absolute atomic E-state index is 0.0605. The number of ether oxygens (including phenoxy) is 6. The van der Waals surface area contributed by atoms with Crippen LogP contribution in [-0.2, 0) is 29.1 Å². The summed E-state index contributed by atoms with van der Waals surface area (Å²) in [4.78, 5) is 25.0. The number of hydrogen-bond acceptors (Lipinski definition) is 9. The molecule has 2 heterocycles. The number of carbonyl (C=O) groups excluding carboxylic acids is 1. The fraction of sp³-hybridized carbons (Fsp3) is 0.286. The molecule has 11 heteroatoms. The summed E-state index contributed by atoms with van der Waals surface area (Å²) >= 11 is 0. The number of carbonyl (C=O) groups is 2. The van der Waals surface area contributed by atoms with Gasteiger partial charge in [-0.15, -0.1) is 0 Å². The normalized spacial score (nSPS) is 12.1. The smallest absolute Gasteiger partial charge is 0.338 e. The molecule has 0 fully saturated rings. The molecule has 4 aromatic rings. The van der Waals surface area contributed by atoms with Crippen molar-refractivity contribution in [2.45, 2.75) is 39.3 Å². The number of carboxylic acid groups (broad SMARTS) is 1. The molecular weight excluding hydrogens is 592 g/mol. The van der Waals surface area contributed by atoms with E-state index in [0.29, 0.717) is 68.8 Å². The molecule has 0 amide bonds. The molecule has 0 saturated heterocycles. The van der Waals surface area contributed by atoms with E-state index in [1.807, 2.05) is 22.9 Å². The van der Waals surface area contributed by atoms with Gasteiger partial charge in [0, 0.05) is 52.9 Å². The molecule has 0 aliphatic carbocycles. The van der Waals surface area contributed by atoms with E-state index >= 15 is 0 Å².